The molecule has 0 atom stereocenters. The van der Waals surface area contributed by atoms with Gasteiger partial charge in [0.1, 0.15) is 23.1 Å². The van der Waals surface area contributed by atoms with E-state index >= 15 is 0 Å². The van der Waals surface area contributed by atoms with Crippen molar-refractivity contribution in [2.45, 2.75) is 52.3 Å². The van der Waals surface area contributed by atoms with Crippen molar-refractivity contribution in [3.63, 3.8) is 0 Å². The molecule has 0 unspecified atom stereocenters. The van der Waals surface area contributed by atoms with E-state index in [9.17, 15) is 9.59 Å². The second-order valence-electron chi connectivity index (χ2n) is 8.98. The average Bonchev–Trinajstić information content (AvgIpc) is 3.46. The minimum absolute atomic E-state index is 0.191. The van der Waals surface area contributed by atoms with Crippen LogP contribution in [0.4, 0.5) is 10.6 Å². The predicted molar refractivity (Wildman–Crippen MR) is 128 cm³/mol. The van der Waals surface area contributed by atoms with Gasteiger partial charge >= 0.3 is 6.09 Å². The summed E-state index contributed by atoms with van der Waals surface area (Å²) in [5.74, 6) is 2.20. The first-order chi connectivity index (χ1) is 16.9. The van der Waals surface area contributed by atoms with Crippen molar-refractivity contribution in [1.82, 2.24) is 24.6 Å². The summed E-state index contributed by atoms with van der Waals surface area (Å²) in [6, 6.07) is 9.08. The van der Waals surface area contributed by atoms with Crippen molar-refractivity contribution in [2.75, 3.05) is 19.0 Å². The first-order valence-corrected chi connectivity index (χ1v) is 11.8. The van der Waals surface area contributed by atoms with Gasteiger partial charge in [0.2, 0.25) is 0 Å². The Labute approximate surface area is 203 Å². The van der Waals surface area contributed by atoms with Gasteiger partial charge in [-0.25, -0.2) is 9.78 Å². The lowest BCUT2D eigenvalue weighted by molar-refractivity contribution is 0.0730. The van der Waals surface area contributed by atoms with Crippen LogP contribution in [-0.4, -0.2) is 56.4 Å². The minimum atomic E-state index is -0.353. The highest BCUT2D eigenvalue weighted by atomic mass is 16.6. The summed E-state index contributed by atoms with van der Waals surface area (Å²) >= 11 is 0. The Morgan fingerprint density at radius 3 is 2.74 bits per heavy atom. The van der Waals surface area contributed by atoms with Gasteiger partial charge in [-0.1, -0.05) is 6.07 Å². The first-order valence-electron chi connectivity index (χ1n) is 11.8. The maximum absolute atomic E-state index is 13.3. The molecule has 2 aliphatic heterocycles. The lowest BCUT2D eigenvalue weighted by Crippen LogP contribution is -2.37. The van der Waals surface area contributed by atoms with Crippen LogP contribution in [0, 0.1) is 0 Å². The molecular weight excluding hydrogens is 448 g/mol. The van der Waals surface area contributed by atoms with Gasteiger partial charge in [0.25, 0.3) is 5.91 Å². The largest absolute Gasteiger partial charge is 0.496 e. The zero-order valence-electron chi connectivity index (χ0n) is 20.1. The van der Waals surface area contributed by atoms with Gasteiger partial charge in [0.15, 0.2) is 5.82 Å². The number of nitrogens with one attached hydrogen (secondary N) is 1. The monoisotopic (exact) mass is 476 g/mol. The fourth-order valence-electron chi connectivity index (χ4n) is 4.52. The second-order valence-corrected chi connectivity index (χ2v) is 8.98. The van der Waals surface area contributed by atoms with E-state index in [-0.39, 0.29) is 18.1 Å². The summed E-state index contributed by atoms with van der Waals surface area (Å²) < 4.78 is 12.9. The molecule has 2 aliphatic rings. The lowest BCUT2D eigenvalue weighted by Gasteiger charge is -2.29. The van der Waals surface area contributed by atoms with Crippen LogP contribution in [-0.2, 0) is 30.7 Å². The number of anilines is 1. The number of fused-ring (bicyclic) bond motifs is 2. The van der Waals surface area contributed by atoms with Crippen LogP contribution in [0.2, 0.25) is 0 Å². The number of methoxy groups -OCH3 is 1. The Morgan fingerprint density at radius 2 is 1.94 bits per heavy atom. The number of carbonyl (C=O) groups excluding carboxylic acids is 2. The molecule has 0 saturated heterocycles. The molecule has 35 heavy (non-hydrogen) atoms. The molecule has 2 amide bonds. The molecule has 0 bridgehead atoms. The number of amides is 2. The van der Waals surface area contributed by atoms with E-state index in [0.717, 1.165) is 36.3 Å². The molecule has 0 saturated carbocycles. The topological polar surface area (TPSA) is 111 Å². The fourth-order valence-corrected chi connectivity index (χ4v) is 4.52. The Hall–Kier alpha value is -3.95. The SMILES string of the molecule is COc1cc2c(cc1C(=O)Nc1cccc(-c3nnc4n3CCC4)n1)CN(C(=O)OC(C)C)CC2. The number of hydrogen-bond acceptors (Lipinski definition) is 7. The predicted octanol–water partition coefficient (Wildman–Crippen LogP) is 3.45. The molecule has 1 aromatic carbocycles. The summed E-state index contributed by atoms with van der Waals surface area (Å²) in [5.41, 5.74) is 2.97. The van der Waals surface area contributed by atoms with Crippen LogP contribution >= 0.6 is 0 Å². The van der Waals surface area contributed by atoms with Gasteiger partial charge in [-0.15, -0.1) is 10.2 Å². The number of ether oxygens (including phenoxy) is 2. The van der Waals surface area contributed by atoms with Crippen LogP contribution in [0.1, 0.15) is 47.6 Å². The molecular formula is C25H28N6O4. The molecule has 1 N–H and O–H groups in total. The minimum Gasteiger partial charge on any atom is -0.496 e. The summed E-state index contributed by atoms with van der Waals surface area (Å²) in [7, 11) is 1.54. The Balaban J connectivity index is 1.38. The van der Waals surface area contributed by atoms with Crippen LogP contribution in [0.3, 0.4) is 0 Å². The standard InChI is InChI=1S/C25H28N6O4/c1-15(2)35-25(33)30-11-9-16-13-20(34-3)18(12-17(16)14-30)24(32)27-21-7-4-6-19(26-21)23-29-28-22-8-5-10-31(22)23/h4,6-7,12-13,15H,5,8-11,14H2,1-3H3,(H,26,27,32). The quantitative estimate of drug-likeness (QED) is 0.600. The molecule has 10 heteroatoms. The average molecular weight is 477 g/mol. The molecule has 0 spiro atoms. The van der Waals surface area contributed by atoms with Gasteiger partial charge in [0.05, 0.1) is 18.8 Å². The maximum Gasteiger partial charge on any atom is 0.410 e. The van der Waals surface area contributed by atoms with Crippen molar-refractivity contribution >= 4 is 17.8 Å². The molecule has 10 nitrogen and oxygen atoms in total. The first kappa shape index (κ1) is 22.8. The van der Waals surface area contributed by atoms with Crippen LogP contribution in [0.5, 0.6) is 5.75 Å². The molecule has 0 aliphatic carbocycles. The molecule has 2 aromatic heterocycles. The van der Waals surface area contributed by atoms with E-state index in [1.54, 1.807) is 24.1 Å². The lowest BCUT2D eigenvalue weighted by atomic mass is 9.96. The zero-order chi connectivity index (χ0) is 24.5. The number of carbonyl (C=O) groups is 2. The number of aromatic nitrogens is 4. The number of benzene rings is 1. The summed E-state index contributed by atoms with van der Waals surface area (Å²) in [5, 5.41) is 11.4. The second kappa shape index (κ2) is 9.36. The van der Waals surface area contributed by atoms with E-state index in [1.165, 1.54) is 0 Å². The van der Waals surface area contributed by atoms with E-state index in [2.05, 4.69) is 25.1 Å². The van der Waals surface area contributed by atoms with Gasteiger partial charge in [-0.05, 0) is 62.1 Å². The van der Waals surface area contributed by atoms with E-state index in [1.807, 2.05) is 32.0 Å². The fraction of sp³-hybridized carbons (Fsp3) is 0.400. The van der Waals surface area contributed by atoms with Gasteiger partial charge in [0, 0.05) is 26.1 Å². The number of rotatable bonds is 5. The Bertz CT molecular complexity index is 1280. The number of hydrogen-bond donors (Lipinski definition) is 1. The molecule has 0 fully saturated rings. The number of aryl methyl sites for hydroxylation is 1. The van der Waals surface area contributed by atoms with E-state index < -0.39 is 0 Å². The third kappa shape index (κ3) is 4.55. The van der Waals surface area contributed by atoms with Gasteiger partial charge < -0.3 is 24.3 Å². The summed E-state index contributed by atoms with van der Waals surface area (Å²) in [6.45, 7) is 5.43. The van der Waals surface area contributed by atoms with Crippen LogP contribution < -0.4 is 10.1 Å². The van der Waals surface area contributed by atoms with E-state index in [4.69, 9.17) is 9.47 Å². The Morgan fingerprint density at radius 1 is 1.09 bits per heavy atom. The normalized spacial score (nSPS) is 14.5. The highest BCUT2D eigenvalue weighted by Gasteiger charge is 2.26. The highest BCUT2D eigenvalue weighted by molar-refractivity contribution is 6.06. The summed E-state index contributed by atoms with van der Waals surface area (Å²) in [6.07, 6.45) is 2.07. The molecule has 5 rings (SSSR count). The molecule has 4 heterocycles. The van der Waals surface area contributed by atoms with Crippen molar-refractivity contribution in [1.29, 1.82) is 0 Å². The van der Waals surface area contributed by atoms with Crippen LogP contribution in [0.25, 0.3) is 11.5 Å². The number of nitrogens with zero attached hydrogens (tertiary/aromatic N) is 5. The maximum atomic E-state index is 13.3. The smallest absolute Gasteiger partial charge is 0.410 e. The zero-order valence-corrected chi connectivity index (χ0v) is 20.1. The van der Waals surface area contributed by atoms with Gasteiger partial charge in [-0.2, -0.15) is 0 Å². The third-order valence-electron chi connectivity index (χ3n) is 6.20. The molecule has 0 radical (unpaired) electrons. The molecule has 3 aromatic rings. The molecule has 182 valence electrons. The number of pyridine rings is 1. The highest BCUT2D eigenvalue weighted by Crippen LogP contribution is 2.29. The van der Waals surface area contributed by atoms with Gasteiger partial charge in [-0.3, -0.25) is 4.79 Å². The summed E-state index contributed by atoms with van der Waals surface area (Å²) in [4.78, 5) is 31.9. The van der Waals surface area contributed by atoms with Crippen molar-refractivity contribution in [3.8, 4) is 17.3 Å². The van der Waals surface area contributed by atoms with Crippen molar-refractivity contribution in [3.05, 3.63) is 52.8 Å². The third-order valence-corrected chi connectivity index (χ3v) is 6.20. The van der Waals surface area contributed by atoms with Crippen molar-refractivity contribution in [2.24, 2.45) is 0 Å². The van der Waals surface area contributed by atoms with Crippen LogP contribution in [0.15, 0.2) is 30.3 Å². The Kier molecular flexibility index (Phi) is 6.10. The van der Waals surface area contributed by atoms with Crippen molar-refractivity contribution < 1.29 is 19.1 Å². The van der Waals surface area contributed by atoms with E-state index in [0.29, 0.717) is 48.2 Å².